The highest BCUT2D eigenvalue weighted by molar-refractivity contribution is 7.09. The number of hydrogen-bond donors (Lipinski definition) is 1. The number of nitrogens with zero attached hydrogens (tertiary/aromatic N) is 1. The molecule has 1 fully saturated rings. The van der Waals surface area contributed by atoms with Crippen LogP contribution in [0.4, 0.5) is 0 Å². The van der Waals surface area contributed by atoms with Crippen molar-refractivity contribution in [3.63, 3.8) is 0 Å². The highest BCUT2D eigenvalue weighted by Gasteiger charge is 2.42. The van der Waals surface area contributed by atoms with E-state index in [1.165, 1.54) is 11.3 Å². The molecule has 0 radical (unpaired) electrons. The molecule has 4 atom stereocenters. The van der Waals surface area contributed by atoms with E-state index in [4.69, 9.17) is 4.74 Å². The first-order valence-corrected chi connectivity index (χ1v) is 8.13. The number of carbonyl (C=O) groups excluding carboxylic acids is 1. The first-order chi connectivity index (χ1) is 9.46. The molecule has 4 nitrogen and oxygen atoms in total. The van der Waals surface area contributed by atoms with Crippen molar-refractivity contribution in [3.05, 3.63) is 16.6 Å². The SMILES string of the molecule is CCOC(=O)[C@@H]1CC[C@H]([C@](C)(O)c2nccs2)C[C@H]1C. The third-order valence-electron chi connectivity index (χ3n) is 4.42. The Morgan fingerprint density at radius 2 is 2.35 bits per heavy atom. The van der Waals surface area contributed by atoms with Gasteiger partial charge >= 0.3 is 5.97 Å². The average molecular weight is 297 g/mol. The summed E-state index contributed by atoms with van der Waals surface area (Å²) in [6.45, 7) is 6.18. The minimum Gasteiger partial charge on any atom is -0.466 e. The van der Waals surface area contributed by atoms with Gasteiger partial charge in [0.25, 0.3) is 0 Å². The molecular formula is C15H23NO3S. The molecule has 0 aliphatic heterocycles. The molecule has 1 aliphatic rings. The van der Waals surface area contributed by atoms with Crippen LogP contribution in [-0.4, -0.2) is 22.7 Å². The van der Waals surface area contributed by atoms with E-state index >= 15 is 0 Å². The van der Waals surface area contributed by atoms with Crippen molar-refractivity contribution < 1.29 is 14.6 Å². The quantitative estimate of drug-likeness (QED) is 0.868. The molecule has 0 saturated heterocycles. The Balaban J connectivity index is 2.04. The van der Waals surface area contributed by atoms with Gasteiger partial charge in [0.05, 0.1) is 12.5 Å². The zero-order valence-corrected chi connectivity index (χ0v) is 13.2. The Labute approximate surface area is 124 Å². The molecule has 20 heavy (non-hydrogen) atoms. The first kappa shape index (κ1) is 15.4. The number of thiazole rings is 1. The van der Waals surface area contributed by atoms with Crippen molar-refractivity contribution in [2.24, 2.45) is 17.8 Å². The fraction of sp³-hybridized carbons (Fsp3) is 0.733. The van der Waals surface area contributed by atoms with Gasteiger partial charge in [-0.15, -0.1) is 11.3 Å². The number of carbonyl (C=O) groups is 1. The van der Waals surface area contributed by atoms with Gasteiger partial charge in [0.2, 0.25) is 0 Å². The summed E-state index contributed by atoms with van der Waals surface area (Å²) in [5, 5.41) is 13.4. The fourth-order valence-corrected chi connectivity index (χ4v) is 3.93. The van der Waals surface area contributed by atoms with Gasteiger partial charge in [-0.05, 0) is 44.9 Å². The normalized spacial score (nSPS) is 29.7. The molecule has 1 saturated carbocycles. The van der Waals surface area contributed by atoms with Crippen LogP contribution in [0.15, 0.2) is 11.6 Å². The lowest BCUT2D eigenvalue weighted by Crippen LogP contribution is -2.39. The number of aliphatic hydroxyl groups is 1. The van der Waals surface area contributed by atoms with Crippen LogP contribution in [0.1, 0.15) is 45.0 Å². The summed E-state index contributed by atoms with van der Waals surface area (Å²) < 4.78 is 5.13. The van der Waals surface area contributed by atoms with Gasteiger partial charge in [-0.3, -0.25) is 4.79 Å². The van der Waals surface area contributed by atoms with Crippen LogP contribution in [0.3, 0.4) is 0 Å². The van der Waals surface area contributed by atoms with Crippen LogP contribution in [-0.2, 0) is 15.1 Å². The lowest BCUT2D eigenvalue weighted by Gasteiger charge is -2.39. The maximum Gasteiger partial charge on any atom is 0.309 e. The Kier molecular flexibility index (Phi) is 4.81. The molecule has 112 valence electrons. The predicted octanol–water partition coefficient (Wildman–Crippen LogP) is 2.97. The standard InChI is InChI=1S/C15H23NO3S/c1-4-19-13(17)12-6-5-11(9-10(12)2)15(3,18)14-16-7-8-20-14/h7-8,10-12,18H,4-6,9H2,1-3H3/t10-,11+,12-,15+/m1/s1. The third-order valence-corrected chi connectivity index (χ3v) is 5.42. The van der Waals surface area contributed by atoms with Crippen molar-refractivity contribution >= 4 is 17.3 Å². The van der Waals surface area contributed by atoms with E-state index in [0.29, 0.717) is 6.61 Å². The highest BCUT2D eigenvalue weighted by Crippen LogP contribution is 2.44. The van der Waals surface area contributed by atoms with Crippen LogP contribution in [0.25, 0.3) is 0 Å². The molecule has 0 aromatic carbocycles. The summed E-state index contributed by atoms with van der Waals surface area (Å²) in [5.74, 6) is 0.263. The first-order valence-electron chi connectivity index (χ1n) is 7.25. The molecule has 1 N–H and O–H groups in total. The smallest absolute Gasteiger partial charge is 0.309 e. The number of esters is 1. The molecule has 0 bridgehead atoms. The Hall–Kier alpha value is -0.940. The van der Waals surface area contributed by atoms with Gasteiger partial charge in [0.15, 0.2) is 0 Å². The number of hydrogen-bond acceptors (Lipinski definition) is 5. The lowest BCUT2D eigenvalue weighted by atomic mass is 9.69. The summed E-state index contributed by atoms with van der Waals surface area (Å²) >= 11 is 1.49. The van der Waals surface area contributed by atoms with Gasteiger partial charge in [0.1, 0.15) is 10.6 Å². The van der Waals surface area contributed by atoms with Gasteiger partial charge in [0, 0.05) is 11.6 Å². The van der Waals surface area contributed by atoms with Crippen LogP contribution in [0, 0.1) is 17.8 Å². The van der Waals surface area contributed by atoms with Crippen molar-refractivity contribution in [3.8, 4) is 0 Å². The summed E-state index contributed by atoms with van der Waals surface area (Å²) in [6, 6.07) is 0. The fourth-order valence-electron chi connectivity index (χ4n) is 3.15. The molecule has 2 rings (SSSR count). The van der Waals surface area contributed by atoms with E-state index in [1.807, 2.05) is 19.2 Å². The van der Waals surface area contributed by atoms with E-state index < -0.39 is 5.60 Å². The zero-order valence-electron chi connectivity index (χ0n) is 12.3. The van der Waals surface area contributed by atoms with Crippen LogP contribution in [0.2, 0.25) is 0 Å². The summed E-state index contributed by atoms with van der Waals surface area (Å²) in [7, 11) is 0. The van der Waals surface area contributed by atoms with Crippen LogP contribution in [0.5, 0.6) is 0 Å². The van der Waals surface area contributed by atoms with Crippen molar-refractivity contribution in [2.75, 3.05) is 6.61 Å². The maximum atomic E-state index is 11.9. The van der Waals surface area contributed by atoms with E-state index in [9.17, 15) is 9.90 Å². The second-order valence-electron chi connectivity index (χ2n) is 5.83. The van der Waals surface area contributed by atoms with Gasteiger partial charge < -0.3 is 9.84 Å². The monoisotopic (exact) mass is 297 g/mol. The predicted molar refractivity (Wildman–Crippen MR) is 78.3 cm³/mol. The largest absolute Gasteiger partial charge is 0.466 e. The van der Waals surface area contributed by atoms with Crippen molar-refractivity contribution in [1.82, 2.24) is 4.98 Å². The van der Waals surface area contributed by atoms with Gasteiger partial charge in [-0.1, -0.05) is 6.92 Å². The molecule has 1 aromatic heterocycles. The lowest BCUT2D eigenvalue weighted by molar-refractivity contribution is -0.153. The number of rotatable bonds is 4. The van der Waals surface area contributed by atoms with E-state index in [-0.39, 0.29) is 23.7 Å². The zero-order chi connectivity index (χ0) is 14.8. The number of ether oxygens (including phenoxy) is 1. The topological polar surface area (TPSA) is 59.4 Å². The minimum atomic E-state index is -0.901. The maximum absolute atomic E-state index is 11.9. The second kappa shape index (κ2) is 6.22. The molecular weight excluding hydrogens is 274 g/mol. The molecule has 0 unspecified atom stereocenters. The second-order valence-corrected chi connectivity index (χ2v) is 6.73. The Morgan fingerprint density at radius 3 is 2.90 bits per heavy atom. The Morgan fingerprint density at radius 1 is 1.60 bits per heavy atom. The summed E-state index contributed by atoms with van der Waals surface area (Å²) in [4.78, 5) is 16.1. The average Bonchev–Trinajstić information content (AvgIpc) is 2.93. The minimum absolute atomic E-state index is 0.0294. The van der Waals surface area contributed by atoms with E-state index in [1.54, 1.807) is 6.20 Å². The van der Waals surface area contributed by atoms with Gasteiger partial charge in [-0.2, -0.15) is 0 Å². The van der Waals surface area contributed by atoms with Crippen molar-refractivity contribution in [1.29, 1.82) is 0 Å². The molecule has 5 heteroatoms. The summed E-state index contributed by atoms with van der Waals surface area (Å²) in [5.41, 5.74) is -0.901. The van der Waals surface area contributed by atoms with Crippen LogP contribution < -0.4 is 0 Å². The van der Waals surface area contributed by atoms with Crippen molar-refractivity contribution in [2.45, 2.75) is 45.6 Å². The highest BCUT2D eigenvalue weighted by atomic mass is 32.1. The molecule has 1 aromatic rings. The number of aromatic nitrogens is 1. The van der Waals surface area contributed by atoms with Gasteiger partial charge in [-0.25, -0.2) is 4.98 Å². The summed E-state index contributed by atoms with van der Waals surface area (Å²) in [6.07, 6.45) is 4.17. The molecule has 0 spiro atoms. The van der Waals surface area contributed by atoms with Crippen LogP contribution >= 0.6 is 11.3 Å². The van der Waals surface area contributed by atoms with E-state index in [0.717, 1.165) is 24.3 Å². The Bertz CT molecular complexity index is 444. The molecule has 0 amide bonds. The third kappa shape index (κ3) is 3.04. The molecule has 1 heterocycles. The molecule has 1 aliphatic carbocycles. The van der Waals surface area contributed by atoms with E-state index in [2.05, 4.69) is 11.9 Å².